The Morgan fingerprint density at radius 1 is 1.15 bits per heavy atom. The van der Waals surface area contributed by atoms with Gasteiger partial charge >= 0.3 is 11.9 Å². The molecule has 2 aromatic rings. The van der Waals surface area contributed by atoms with Crippen molar-refractivity contribution in [3.05, 3.63) is 59.2 Å². The van der Waals surface area contributed by atoms with Crippen LogP contribution in [0.3, 0.4) is 0 Å². The maximum Gasteiger partial charge on any atom is 0.328 e. The fourth-order valence-corrected chi connectivity index (χ4v) is 2.94. The van der Waals surface area contributed by atoms with Crippen molar-refractivity contribution in [1.29, 1.82) is 0 Å². The van der Waals surface area contributed by atoms with Crippen LogP contribution >= 0.6 is 0 Å². The number of carboxylic acids is 1. The van der Waals surface area contributed by atoms with Gasteiger partial charge in [0.25, 0.3) is 0 Å². The van der Waals surface area contributed by atoms with Gasteiger partial charge in [0, 0.05) is 11.6 Å². The summed E-state index contributed by atoms with van der Waals surface area (Å²) in [7, 11) is 1.25. The highest BCUT2D eigenvalue weighted by Gasteiger charge is 2.43. The third kappa shape index (κ3) is 3.19. The van der Waals surface area contributed by atoms with Crippen LogP contribution in [0.2, 0.25) is 0 Å². The molecule has 3 N–H and O–H groups in total. The Morgan fingerprint density at radius 2 is 1.85 bits per heavy atom. The molecule has 1 aliphatic heterocycles. The average molecular weight is 356 g/mol. The molecule has 0 amide bonds. The zero-order valence-corrected chi connectivity index (χ0v) is 13.7. The van der Waals surface area contributed by atoms with Crippen LogP contribution in [0.1, 0.15) is 28.7 Å². The van der Waals surface area contributed by atoms with Crippen LogP contribution in [-0.2, 0) is 14.3 Å². The molecular weight excluding hydrogens is 340 g/mol. The number of hydrogen-bond donors (Lipinski definition) is 3. The number of rotatable bonds is 4. The number of phenols is 2. The first-order valence-corrected chi connectivity index (χ1v) is 7.72. The van der Waals surface area contributed by atoms with Crippen LogP contribution in [0, 0.1) is 0 Å². The summed E-state index contributed by atoms with van der Waals surface area (Å²) in [5.41, 5.74) is 1.43. The molecule has 0 spiro atoms. The van der Waals surface area contributed by atoms with E-state index in [1.165, 1.54) is 31.4 Å². The lowest BCUT2D eigenvalue weighted by molar-refractivity contribution is -0.144. The molecule has 1 aliphatic rings. The standard InChI is InChI=1S/C19H16O7/c1-25-19(24)16-13-8-10(2-7-15(22)23)9-14(21)18(13)26-17(16)11-3-5-12(20)6-4-11/h2-9,16-17,20-21H,1H3,(H,22,23)/b7-2+/t16-,17+/m1/s1. The van der Waals surface area contributed by atoms with Crippen molar-refractivity contribution in [3.63, 3.8) is 0 Å². The first-order chi connectivity index (χ1) is 12.4. The third-order valence-corrected chi connectivity index (χ3v) is 4.10. The molecule has 7 heteroatoms. The summed E-state index contributed by atoms with van der Waals surface area (Å²) in [6, 6.07) is 9.10. The molecule has 0 aromatic heterocycles. The normalized spacial score (nSPS) is 18.3. The van der Waals surface area contributed by atoms with Crippen LogP contribution in [0.5, 0.6) is 17.2 Å². The molecule has 0 saturated carbocycles. The van der Waals surface area contributed by atoms with E-state index in [0.29, 0.717) is 16.7 Å². The number of aliphatic carboxylic acids is 1. The first kappa shape index (κ1) is 17.3. The lowest BCUT2D eigenvalue weighted by Crippen LogP contribution is -2.20. The molecular formula is C19H16O7. The van der Waals surface area contributed by atoms with Gasteiger partial charge in [-0.05, 0) is 41.5 Å². The Morgan fingerprint density at radius 3 is 2.46 bits per heavy atom. The van der Waals surface area contributed by atoms with Crippen molar-refractivity contribution in [1.82, 2.24) is 0 Å². The Hall–Kier alpha value is -3.48. The van der Waals surface area contributed by atoms with Gasteiger partial charge in [-0.3, -0.25) is 4.79 Å². The topological polar surface area (TPSA) is 113 Å². The Labute approximate surface area is 148 Å². The van der Waals surface area contributed by atoms with E-state index in [-0.39, 0.29) is 17.2 Å². The molecule has 2 aromatic carbocycles. The van der Waals surface area contributed by atoms with Crippen molar-refractivity contribution in [2.75, 3.05) is 7.11 Å². The quantitative estimate of drug-likeness (QED) is 0.570. The van der Waals surface area contributed by atoms with Crippen LogP contribution < -0.4 is 4.74 Å². The molecule has 134 valence electrons. The van der Waals surface area contributed by atoms with Gasteiger partial charge in [-0.25, -0.2) is 4.79 Å². The highest BCUT2D eigenvalue weighted by atomic mass is 16.5. The molecule has 26 heavy (non-hydrogen) atoms. The SMILES string of the molecule is COC(=O)[C@@H]1c2cc(/C=C/C(=O)O)cc(O)c2O[C@H]1c1ccc(O)cc1. The van der Waals surface area contributed by atoms with Gasteiger partial charge in [-0.1, -0.05) is 12.1 Å². The molecule has 0 bridgehead atoms. The lowest BCUT2D eigenvalue weighted by Gasteiger charge is -2.17. The summed E-state index contributed by atoms with van der Waals surface area (Å²) >= 11 is 0. The summed E-state index contributed by atoms with van der Waals surface area (Å²) in [5.74, 6) is -2.52. The average Bonchev–Trinajstić information content (AvgIpc) is 3.00. The molecule has 3 rings (SSSR count). The summed E-state index contributed by atoms with van der Waals surface area (Å²) in [4.78, 5) is 23.1. The zero-order valence-electron chi connectivity index (χ0n) is 13.7. The number of carbonyl (C=O) groups excluding carboxylic acids is 1. The Kier molecular flexibility index (Phi) is 4.53. The van der Waals surface area contributed by atoms with Gasteiger partial charge in [0.1, 0.15) is 17.8 Å². The number of hydrogen-bond acceptors (Lipinski definition) is 6. The van der Waals surface area contributed by atoms with Gasteiger partial charge in [0.05, 0.1) is 7.11 Å². The summed E-state index contributed by atoms with van der Waals surface area (Å²) < 4.78 is 10.7. The first-order valence-electron chi connectivity index (χ1n) is 7.72. The van der Waals surface area contributed by atoms with E-state index in [1.807, 2.05) is 0 Å². The van der Waals surface area contributed by atoms with Crippen LogP contribution in [0.25, 0.3) is 6.08 Å². The second-order valence-electron chi connectivity index (χ2n) is 5.76. The van der Waals surface area contributed by atoms with E-state index in [9.17, 15) is 19.8 Å². The Balaban J connectivity index is 2.08. The van der Waals surface area contributed by atoms with Crippen LogP contribution in [-0.4, -0.2) is 34.4 Å². The van der Waals surface area contributed by atoms with Crippen molar-refractivity contribution in [2.45, 2.75) is 12.0 Å². The second kappa shape index (κ2) is 6.79. The predicted octanol–water partition coefficient (Wildman–Crippen LogP) is 2.59. The minimum atomic E-state index is -1.13. The van der Waals surface area contributed by atoms with Gasteiger partial charge in [0.15, 0.2) is 11.5 Å². The largest absolute Gasteiger partial charge is 0.508 e. The van der Waals surface area contributed by atoms with Gasteiger partial charge in [0.2, 0.25) is 0 Å². The molecule has 1 heterocycles. The van der Waals surface area contributed by atoms with E-state index < -0.39 is 24.0 Å². The van der Waals surface area contributed by atoms with Gasteiger partial charge in [-0.15, -0.1) is 0 Å². The number of methoxy groups -OCH3 is 1. The van der Waals surface area contributed by atoms with E-state index in [4.69, 9.17) is 14.6 Å². The third-order valence-electron chi connectivity index (χ3n) is 4.10. The number of benzene rings is 2. The smallest absolute Gasteiger partial charge is 0.328 e. The van der Waals surface area contributed by atoms with Crippen molar-refractivity contribution in [2.24, 2.45) is 0 Å². The number of phenolic OH excluding ortho intramolecular Hbond substituents is 2. The minimum Gasteiger partial charge on any atom is -0.508 e. The van der Waals surface area contributed by atoms with Crippen molar-refractivity contribution in [3.8, 4) is 17.2 Å². The summed E-state index contributed by atoms with van der Waals surface area (Å²) in [6.07, 6.45) is 1.49. The van der Waals surface area contributed by atoms with Gasteiger partial charge < -0.3 is 24.8 Å². The maximum atomic E-state index is 12.4. The molecule has 0 unspecified atom stereocenters. The van der Waals surface area contributed by atoms with Crippen LogP contribution in [0.4, 0.5) is 0 Å². The Bertz CT molecular complexity index is 884. The molecule has 0 radical (unpaired) electrons. The van der Waals surface area contributed by atoms with Crippen LogP contribution in [0.15, 0.2) is 42.5 Å². The zero-order chi connectivity index (χ0) is 18.8. The number of fused-ring (bicyclic) bond motifs is 1. The lowest BCUT2D eigenvalue weighted by atomic mass is 9.90. The maximum absolute atomic E-state index is 12.4. The fourth-order valence-electron chi connectivity index (χ4n) is 2.94. The molecule has 2 atom stereocenters. The fraction of sp³-hybridized carbons (Fsp3) is 0.158. The monoisotopic (exact) mass is 356 g/mol. The van der Waals surface area contributed by atoms with E-state index in [2.05, 4.69) is 0 Å². The molecule has 7 nitrogen and oxygen atoms in total. The summed E-state index contributed by atoms with van der Waals surface area (Å²) in [6.45, 7) is 0. The molecule has 0 aliphatic carbocycles. The van der Waals surface area contributed by atoms with E-state index in [0.717, 1.165) is 6.08 Å². The summed E-state index contributed by atoms with van der Waals surface area (Å²) in [5, 5.41) is 28.5. The predicted molar refractivity (Wildman–Crippen MR) is 91.0 cm³/mol. The van der Waals surface area contributed by atoms with Crippen molar-refractivity contribution >= 4 is 18.0 Å². The molecule has 0 saturated heterocycles. The number of carbonyl (C=O) groups is 2. The van der Waals surface area contributed by atoms with E-state index in [1.54, 1.807) is 18.2 Å². The van der Waals surface area contributed by atoms with Crippen molar-refractivity contribution < 1.29 is 34.4 Å². The number of carboxylic acid groups (broad SMARTS) is 1. The highest BCUT2D eigenvalue weighted by Crippen LogP contribution is 2.51. The van der Waals surface area contributed by atoms with Gasteiger partial charge in [-0.2, -0.15) is 0 Å². The number of esters is 1. The second-order valence-corrected chi connectivity index (χ2v) is 5.76. The minimum absolute atomic E-state index is 0.0721. The number of ether oxygens (including phenoxy) is 2. The highest BCUT2D eigenvalue weighted by molar-refractivity contribution is 5.86. The molecule has 0 fully saturated rings. The number of aromatic hydroxyl groups is 2. The van der Waals surface area contributed by atoms with E-state index >= 15 is 0 Å².